The quantitative estimate of drug-likeness (QED) is 0.666. The lowest BCUT2D eigenvalue weighted by Crippen LogP contribution is -2.15. The lowest BCUT2D eigenvalue weighted by atomic mass is 10.1. The molecule has 120 valence electrons. The van der Waals surface area contributed by atoms with Crippen LogP contribution in [-0.4, -0.2) is 25.1 Å². The van der Waals surface area contributed by atoms with Crippen molar-refractivity contribution in [1.29, 1.82) is 0 Å². The first-order valence-corrected chi connectivity index (χ1v) is 6.82. The first kappa shape index (κ1) is 16.6. The molecule has 0 saturated heterocycles. The molecule has 0 fully saturated rings. The Morgan fingerprint density at radius 3 is 2.30 bits per heavy atom. The highest BCUT2D eigenvalue weighted by molar-refractivity contribution is 6.31. The number of hydrogen-bond donors (Lipinski definition) is 1. The van der Waals surface area contributed by atoms with Crippen LogP contribution in [0.5, 0.6) is 11.5 Å². The summed E-state index contributed by atoms with van der Waals surface area (Å²) in [5.74, 6) is -0.0124. The molecule has 0 aliphatic carbocycles. The molecule has 0 aliphatic heterocycles. The van der Waals surface area contributed by atoms with Gasteiger partial charge in [0, 0.05) is 11.1 Å². The number of anilines is 1. The van der Waals surface area contributed by atoms with Gasteiger partial charge < -0.3 is 14.8 Å². The van der Waals surface area contributed by atoms with E-state index in [1.807, 2.05) is 0 Å². The molecule has 0 heterocycles. The average molecular weight is 337 g/mol. The summed E-state index contributed by atoms with van der Waals surface area (Å²) in [5.41, 5.74) is -0.140. The van der Waals surface area contributed by atoms with Crippen molar-refractivity contribution in [3.05, 3.63) is 57.1 Å². The first-order chi connectivity index (χ1) is 11.0. The predicted molar refractivity (Wildman–Crippen MR) is 85.6 cm³/mol. The number of carbonyl (C=O) groups excluding carboxylic acids is 1. The molecule has 7 nitrogen and oxygen atoms in total. The number of amides is 1. The predicted octanol–water partition coefficient (Wildman–Crippen LogP) is 3.52. The van der Waals surface area contributed by atoms with Gasteiger partial charge in [-0.1, -0.05) is 17.7 Å². The standard InChI is InChI=1S/C15H13ClN2O5/c1-22-12-4-3-5-13(23-2)14(12)15(19)17-10-7-6-9(16)8-11(10)18(20)21/h3-8H,1-2H3,(H,17,19). The maximum Gasteiger partial charge on any atom is 0.294 e. The van der Waals surface area contributed by atoms with Gasteiger partial charge in [0.25, 0.3) is 11.6 Å². The Hall–Kier alpha value is -2.80. The number of carbonyl (C=O) groups is 1. The van der Waals surface area contributed by atoms with Crippen molar-refractivity contribution in [3.8, 4) is 11.5 Å². The molecule has 1 N–H and O–H groups in total. The Kier molecular flexibility index (Phi) is 5.02. The number of nitro benzene ring substituents is 1. The molecule has 2 aromatic rings. The van der Waals surface area contributed by atoms with Crippen LogP contribution in [0, 0.1) is 10.1 Å². The van der Waals surface area contributed by atoms with Crippen LogP contribution in [0.1, 0.15) is 10.4 Å². The van der Waals surface area contributed by atoms with Gasteiger partial charge >= 0.3 is 0 Å². The normalized spacial score (nSPS) is 10.0. The molecule has 2 aromatic carbocycles. The first-order valence-electron chi connectivity index (χ1n) is 6.44. The molecule has 0 spiro atoms. The molecule has 0 aliphatic rings. The van der Waals surface area contributed by atoms with E-state index in [9.17, 15) is 14.9 Å². The average Bonchev–Trinajstić information content (AvgIpc) is 2.55. The number of methoxy groups -OCH3 is 2. The Bertz CT molecular complexity index is 741. The van der Waals surface area contributed by atoms with Crippen molar-refractivity contribution in [1.82, 2.24) is 0 Å². The minimum atomic E-state index is -0.624. The molecule has 0 radical (unpaired) electrons. The van der Waals surface area contributed by atoms with Crippen molar-refractivity contribution in [2.45, 2.75) is 0 Å². The number of nitrogens with one attached hydrogen (secondary N) is 1. The van der Waals surface area contributed by atoms with E-state index in [1.54, 1.807) is 18.2 Å². The Balaban J connectivity index is 2.43. The van der Waals surface area contributed by atoms with Gasteiger partial charge in [-0.3, -0.25) is 14.9 Å². The van der Waals surface area contributed by atoms with Crippen molar-refractivity contribution >= 4 is 28.9 Å². The third kappa shape index (κ3) is 3.51. The van der Waals surface area contributed by atoms with Crippen molar-refractivity contribution < 1.29 is 19.2 Å². The second-order valence-corrected chi connectivity index (χ2v) is 4.85. The summed E-state index contributed by atoms with van der Waals surface area (Å²) < 4.78 is 10.3. The number of halogens is 1. The molecule has 0 aromatic heterocycles. The number of benzene rings is 2. The maximum atomic E-state index is 12.5. The van der Waals surface area contributed by atoms with Crippen LogP contribution in [-0.2, 0) is 0 Å². The summed E-state index contributed by atoms with van der Waals surface area (Å²) in [6.07, 6.45) is 0. The zero-order valence-electron chi connectivity index (χ0n) is 12.3. The molecule has 0 unspecified atom stereocenters. The Morgan fingerprint density at radius 1 is 1.17 bits per heavy atom. The Labute approximate surface area is 136 Å². The van der Waals surface area contributed by atoms with E-state index in [4.69, 9.17) is 21.1 Å². The molecule has 2 rings (SSSR count). The van der Waals surface area contributed by atoms with Crippen molar-refractivity contribution in [2.24, 2.45) is 0 Å². The summed E-state index contributed by atoms with van der Waals surface area (Å²) in [5, 5.41) is 13.8. The number of hydrogen-bond acceptors (Lipinski definition) is 5. The topological polar surface area (TPSA) is 90.7 Å². The maximum absolute atomic E-state index is 12.5. The molecule has 0 atom stereocenters. The van der Waals surface area contributed by atoms with Crippen LogP contribution in [0.2, 0.25) is 5.02 Å². The van der Waals surface area contributed by atoms with Crippen LogP contribution in [0.25, 0.3) is 0 Å². The zero-order valence-corrected chi connectivity index (χ0v) is 13.1. The van der Waals surface area contributed by atoms with Crippen LogP contribution < -0.4 is 14.8 Å². The van der Waals surface area contributed by atoms with Gasteiger partial charge in [0.1, 0.15) is 22.7 Å². The van der Waals surface area contributed by atoms with Gasteiger partial charge in [0.05, 0.1) is 19.1 Å². The van der Waals surface area contributed by atoms with E-state index in [-0.39, 0.29) is 22.0 Å². The lowest BCUT2D eigenvalue weighted by molar-refractivity contribution is -0.383. The molecule has 23 heavy (non-hydrogen) atoms. The fourth-order valence-corrected chi connectivity index (χ4v) is 2.19. The van der Waals surface area contributed by atoms with Gasteiger partial charge in [0.15, 0.2) is 0 Å². The van der Waals surface area contributed by atoms with E-state index in [0.29, 0.717) is 11.5 Å². The summed E-state index contributed by atoms with van der Waals surface area (Å²) in [6.45, 7) is 0. The van der Waals surface area contributed by atoms with E-state index >= 15 is 0 Å². The highest BCUT2D eigenvalue weighted by Gasteiger charge is 2.22. The lowest BCUT2D eigenvalue weighted by Gasteiger charge is -2.13. The van der Waals surface area contributed by atoms with Crippen molar-refractivity contribution in [2.75, 3.05) is 19.5 Å². The molecular weight excluding hydrogens is 324 g/mol. The van der Waals surface area contributed by atoms with Gasteiger partial charge in [-0.05, 0) is 24.3 Å². The van der Waals surface area contributed by atoms with E-state index < -0.39 is 10.8 Å². The van der Waals surface area contributed by atoms with Gasteiger partial charge in [-0.15, -0.1) is 0 Å². The summed E-state index contributed by atoms with van der Waals surface area (Å²) in [7, 11) is 2.83. The second-order valence-electron chi connectivity index (χ2n) is 4.41. The SMILES string of the molecule is COc1cccc(OC)c1C(=O)Nc1ccc(Cl)cc1[N+](=O)[O-]. The van der Waals surface area contributed by atoms with E-state index in [0.717, 1.165) is 6.07 Å². The van der Waals surface area contributed by atoms with Crippen molar-refractivity contribution in [3.63, 3.8) is 0 Å². The van der Waals surface area contributed by atoms with E-state index in [2.05, 4.69) is 5.32 Å². The highest BCUT2D eigenvalue weighted by Crippen LogP contribution is 2.32. The highest BCUT2D eigenvalue weighted by atomic mass is 35.5. The minimum absolute atomic E-state index is 0.0253. The minimum Gasteiger partial charge on any atom is -0.496 e. The summed E-state index contributed by atoms with van der Waals surface area (Å²) in [4.78, 5) is 23.0. The van der Waals surface area contributed by atoms with Crippen LogP contribution >= 0.6 is 11.6 Å². The summed E-state index contributed by atoms with van der Waals surface area (Å²) >= 11 is 5.75. The fraction of sp³-hybridized carbons (Fsp3) is 0.133. The molecular formula is C15H13ClN2O5. The summed E-state index contributed by atoms with van der Waals surface area (Å²) in [6, 6.07) is 8.82. The van der Waals surface area contributed by atoms with Crippen LogP contribution in [0.15, 0.2) is 36.4 Å². The second kappa shape index (κ2) is 6.97. The van der Waals surface area contributed by atoms with E-state index in [1.165, 1.54) is 26.4 Å². The van der Waals surface area contributed by atoms with Gasteiger partial charge in [-0.2, -0.15) is 0 Å². The van der Waals surface area contributed by atoms with Gasteiger partial charge in [-0.25, -0.2) is 0 Å². The Morgan fingerprint density at radius 2 is 1.78 bits per heavy atom. The largest absolute Gasteiger partial charge is 0.496 e. The third-order valence-electron chi connectivity index (χ3n) is 3.06. The smallest absolute Gasteiger partial charge is 0.294 e. The molecule has 1 amide bonds. The molecule has 0 bridgehead atoms. The fourth-order valence-electron chi connectivity index (χ4n) is 2.02. The third-order valence-corrected chi connectivity index (χ3v) is 3.29. The van der Waals surface area contributed by atoms with Crippen LogP contribution in [0.3, 0.4) is 0 Å². The zero-order chi connectivity index (χ0) is 17.0. The molecule has 8 heteroatoms. The van der Waals surface area contributed by atoms with Crippen LogP contribution in [0.4, 0.5) is 11.4 Å². The number of nitro groups is 1. The number of ether oxygens (including phenoxy) is 2. The van der Waals surface area contributed by atoms with Gasteiger partial charge in [0.2, 0.25) is 0 Å². The molecule has 0 saturated carbocycles. The monoisotopic (exact) mass is 336 g/mol. The number of rotatable bonds is 5. The number of nitrogens with zero attached hydrogens (tertiary/aromatic N) is 1.